The van der Waals surface area contributed by atoms with Crippen LogP contribution in [0.15, 0.2) is 18.2 Å². The van der Waals surface area contributed by atoms with E-state index in [9.17, 15) is 4.79 Å². The molecule has 0 aromatic heterocycles. The molecule has 5 nitrogen and oxygen atoms in total. The van der Waals surface area contributed by atoms with Crippen LogP contribution in [0.2, 0.25) is 0 Å². The first-order valence-electron chi connectivity index (χ1n) is 6.08. The molecule has 1 unspecified atom stereocenters. The topological polar surface area (TPSA) is 59.6 Å². The number of nitrogens with one attached hydrogen (secondary N) is 2. The SMILES string of the molecule is COc1ccc(NC(=O)C2CSCCN2)c(OC)c1. The lowest BCUT2D eigenvalue weighted by molar-refractivity contribution is -0.117. The van der Waals surface area contributed by atoms with Gasteiger partial charge in [-0.05, 0) is 12.1 Å². The Morgan fingerprint density at radius 1 is 1.42 bits per heavy atom. The molecule has 1 aliphatic heterocycles. The van der Waals surface area contributed by atoms with Crippen molar-refractivity contribution in [3.05, 3.63) is 18.2 Å². The van der Waals surface area contributed by atoms with Crippen LogP contribution in [0, 0.1) is 0 Å². The molecule has 104 valence electrons. The predicted molar refractivity (Wildman–Crippen MR) is 77.3 cm³/mol. The fraction of sp³-hybridized carbons (Fsp3) is 0.462. The highest BCUT2D eigenvalue weighted by atomic mass is 32.2. The number of thioether (sulfide) groups is 1. The number of methoxy groups -OCH3 is 2. The Bertz CT molecular complexity index is 448. The minimum atomic E-state index is -0.148. The van der Waals surface area contributed by atoms with Gasteiger partial charge in [0.1, 0.15) is 11.5 Å². The molecule has 1 aliphatic rings. The third-order valence-corrected chi connectivity index (χ3v) is 3.97. The van der Waals surface area contributed by atoms with Crippen LogP contribution in [0.25, 0.3) is 0 Å². The van der Waals surface area contributed by atoms with Gasteiger partial charge in [-0.3, -0.25) is 4.79 Å². The van der Waals surface area contributed by atoms with Crippen molar-refractivity contribution < 1.29 is 14.3 Å². The van der Waals surface area contributed by atoms with Gasteiger partial charge in [0.25, 0.3) is 0 Å². The minimum Gasteiger partial charge on any atom is -0.497 e. The summed E-state index contributed by atoms with van der Waals surface area (Å²) < 4.78 is 10.4. The lowest BCUT2D eigenvalue weighted by Crippen LogP contribution is -2.46. The van der Waals surface area contributed by atoms with E-state index in [1.165, 1.54) is 0 Å². The van der Waals surface area contributed by atoms with Gasteiger partial charge in [0.2, 0.25) is 5.91 Å². The normalized spacial score (nSPS) is 18.7. The fourth-order valence-electron chi connectivity index (χ4n) is 1.86. The number of carbonyl (C=O) groups is 1. The Balaban J connectivity index is 2.07. The summed E-state index contributed by atoms with van der Waals surface area (Å²) in [6.45, 7) is 0.864. The molecule has 19 heavy (non-hydrogen) atoms. The van der Waals surface area contributed by atoms with Crippen LogP contribution in [0.5, 0.6) is 11.5 Å². The molecule has 1 fully saturated rings. The Morgan fingerprint density at radius 3 is 2.89 bits per heavy atom. The predicted octanol–water partition coefficient (Wildman–Crippen LogP) is 1.35. The molecule has 6 heteroatoms. The van der Waals surface area contributed by atoms with Gasteiger partial charge in [-0.25, -0.2) is 0 Å². The zero-order chi connectivity index (χ0) is 13.7. The summed E-state index contributed by atoms with van der Waals surface area (Å²) in [6.07, 6.45) is 0. The highest BCUT2D eigenvalue weighted by Crippen LogP contribution is 2.29. The molecule has 0 aliphatic carbocycles. The van der Waals surface area contributed by atoms with E-state index >= 15 is 0 Å². The number of benzene rings is 1. The van der Waals surface area contributed by atoms with Crippen molar-refractivity contribution in [3.63, 3.8) is 0 Å². The standard InChI is InChI=1S/C13H18N2O3S/c1-17-9-3-4-10(12(7-9)18-2)15-13(16)11-8-19-6-5-14-11/h3-4,7,11,14H,5-6,8H2,1-2H3,(H,15,16). The van der Waals surface area contributed by atoms with Crippen LogP contribution in [0.1, 0.15) is 0 Å². The average Bonchev–Trinajstić information content (AvgIpc) is 2.48. The number of carbonyl (C=O) groups excluding carboxylic acids is 1. The van der Waals surface area contributed by atoms with Gasteiger partial charge in [-0.15, -0.1) is 0 Å². The lowest BCUT2D eigenvalue weighted by Gasteiger charge is -2.22. The second-order valence-electron chi connectivity index (χ2n) is 4.14. The number of anilines is 1. The van der Waals surface area contributed by atoms with E-state index in [0.29, 0.717) is 17.2 Å². The molecule has 0 spiro atoms. The van der Waals surface area contributed by atoms with E-state index < -0.39 is 0 Å². The number of hydrogen-bond donors (Lipinski definition) is 2. The van der Waals surface area contributed by atoms with Gasteiger partial charge in [-0.1, -0.05) is 0 Å². The Labute approximate surface area is 117 Å². The van der Waals surface area contributed by atoms with Crippen molar-refractivity contribution >= 4 is 23.4 Å². The first-order valence-corrected chi connectivity index (χ1v) is 7.24. The van der Waals surface area contributed by atoms with Crippen LogP contribution < -0.4 is 20.1 Å². The van der Waals surface area contributed by atoms with Gasteiger partial charge in [-0.2, -0.15) is 11.8 Å². The van der Waals surface area contributed by atoms with Gasteiger partial charge >= 0.3 is 0 Å². The minimum absolute atomic E-state index is 0.0318. The van der Waals surface area contributed by atoms with Crippen molar-refractivity contribution in [2.75, 3.05) is 37.6 Å². The number of rotatable bonds is 4. The molecule has 1 aromatic carbocycles. The van der Waals surface area contributed by atoms with Crippen LogP contribution >= 0.6 is 11.8 Å². The molecule has 1 saturated heterocycles. The highest BCUT2D eigenvalue weighted by molar-refractivity contribution is 7.99. The monoisotopic (exact) mass is 282 g/mol. The molecular weight excluding hydrogens is 264 g/mol. The van der Waals surface area contributed by atoms with Crippen LogP contribution in [-0.4, -0.2) is 44.2 Å². The van der Waals surface area contributed by atoms with Crippen molar-refractivity contribution in [2.45, 2.75) is 6.04 Å². The van der Waals surface area contributed by atoms with Gasteiger partial charge in [0.05, 0.1) is 25.9 Å². The average molecular weight is 282 g/mol. The number of hydrogen-bond acceptors (Lipinski definition) is 5. The lowest BCUT2D eigenvalue weighted by atomic mass is 10.2. The molecule has 2 N–H and O–H groups in total. The van der Waals surface area contributed by atoms with Crippen molar-refractivity contribution in [2.24, 2.45) is 0 Å². The van der Waals surface area contributed by atoms with E-state index in [4.69, 9.17) is 9.47 Å². The fourth-order valence-corrected chi connectivity index (χ4v) is 2.79. The zero-order valence-corrected chi connectivity index (χ0v) is 11.9. The van der Waals surface area contributed by atoms with Crippen LogP contribution in [0.4, 0.5) is 5.69 Å². The summed E-state index contributed by atoms with van der Waals surface area (Å²) in [5, 5.41) is 6.09. The summed E-state index contributed by atoms with van der Waals surface area (Å²) >= 11 is 1.78. The summed E-state index contributed by atoms with van der Waals surface area (Å²) in [7, 11) is 3.16. The van der Waals surface area contributed by atoms with Crippen LogP contribution in [0.3, 0.4) is 0 Å². The highest BCUT2D eigenvalue weighted by Gasteiger charge is 2.21. The van der Waals surface area contributed by atoms with Crippen molar-refractivity contribution in [3.8, 4) is 11.5 Å². The molecule has 1 heterocycles. The first kappa shape index (κ1) is 14.0. The maximum Gasteiger partial charge on any atom is 0.242 e. The van der Waals surface area contributed by atoms with Gasteiger partial charge in [0.15, 0.2) is 0 Å². The zero-order valence-electron chi connectivity index (χ0n) is 11.1. The summed E-state index contributed by atoms with van der Waals surface area (Å²) in [5.41, 5.74) is 0.658. The first-order chi connectivity index (χ1) is 9.24. The van der Waals surface area contributed by atoms with Crippen LogP contribution in [-0.2, 0) is 4.79 Å². The van der Waals surface area contributed by atoms with E-state index in [1.54, 1.807) is 44.2 Å². The third kappa shape index (κ3) is 3.54. The maximum absolute atomic E-state index is 12.1. The van der Waals surface area contributed by atoms with Gasteiger partial charge in [0, 0.05) is 24.1 Å². The Kier molecular flexibility index (Phi) is 4.93. The van der Waals surface area contributed by atoms with Crippen molar-refractivity contribution in [1.82, 2.24) is 5.32 Å². The van der Waals surface area contributed by atoms with Gasteiger partial charge < -0.3 is 20.1 Å². The molecule has 0 bridgehead atoms. The summed E-state index contributed by atoms with van der Waals surface area (Å²) in [6, 6.07) is 5.18. The van der Waals surface area contributed by atoms with E-state index in [-0.39, 0.29) is 11.9 Å². The largest absolute Gasteiger partial charge is 0.497 e. The molecular formula is C13H18N2O3S. The van der Waals surface area contributed by atoms with E-state index in [1.807, 2.05) is 0 Å². The van der Waals surface area contributed by atoms with E-state index in [0.717, 1.165) is 18.1 Å². The van der Waals surface area contributed by atoms with Crippen molar-refractivity contribution in [1.29, 1.82) is 0 Å². The number of ether oxygens (including phenoxy) is 2. The Morgan fingerprint density at radius 2 is 2.26 bits per heavy atom. The number of amides is 1. The van der Waals surface area contributed by atoms with E-state index in [2.05, 4.69) is 10.6 Å². The quantitative estimate of drug-likeness (QED) is 0.873. The molecule has 0 saturated carbocycles. The second-order valence-corrected chi connectivity index (χ2v) is 5.29. The maximum atomic E-state index is 12.1. The molecule has 2 rings (SSSR count). The molecule has 1 amide bonds. The third-order valence-electron chi connectivity index (χ3n) is 2.90. The molecule has 1 aromatic rings. The summed E-state index contributed by atoms with van der Waals surface area (Å²) in [5.74, 6) is 3.10. The smallest absolute Gasteiger partial charge is 0.242 e. The molecule has 1 atom stereocenters. The molecule has 0 radical (unpaired) electrons. The summed E-state index contributed by atoms with van der Waals surface area (Å²) in [4.78, 5) is 12.1. The second kappa shape index (κ2) is 6.68. The Hall–Kier alpha value is -1.40.